The lowest BCUT2D eigenvalue weighted by atomic mass is 10.0. The highest BCUT2D eigenvalue weighted by Crippen LogP contribution is 2.19. The molecule has 6 nitrogen and oxygen atoms in total. The van der Waals surface area contributed by atoms with E-state index in [0.717, 1.165) is 16.6 Å². The van der Waals surface area contributed by atoms with Crippen LogP contribution in [-0.4, -0.2) is 15.5 Å². The molecule has 0 radical (unpaired) electrons. The summed E-state index contributed by atoms with van der Waals surface area (Å²) in [5.74, 6) is 4.74. The summed E-state index contributed by atoms with van der Waals surface area (Å²) < 4.78 is 1.93. The molecule has 0 bridgehead atoms. The predicted octanol–water partition coefficient (Wildman–Crippen LogP) is -0.0469. The van der Waals surface area contributed by atoms with Gasteiger partial charge in [0, 0.05) is 19.5 Å². The number of nitrogens with zero attached hydrogens (tertiary/aromatic N) is 2. The largest absolute Gasteiger partial charge is 0.334 e. The standard InChI is InChI=1S/C11H15N5O/c1-16-6-14-9-4-7(2-3-10(9)16)8(12)5-11(17)15-13/h2-4,6,8H,5,12-13H2,1H3,(H,15,17). The Kier molecular flexibility index (Phi) is 3.08. The van der Waals surface area contributed by atoms with Gasteiger partial charge in [-0.1, -0.05) is 6.07 Å². The first-order valence-electron chi connectivity index (χ1n) is 5.28. The van der Waals surface area contributed by atoms with Gasteiger partial charge in [-0.2, -0.15) is 0 Å². The second-order valence-corrected chi connectivity index (χ2v) is 3.98. The first-order chi connectivity index (χ1) is 8.11. The van der Waals surface area contributed by atoms with Crippen molar-refractivity contribution < 1.29 is 4.79 Å². The summed E-state index contributed by atoms with van der Waals surface area (Å²) in [6.07, 6.45) is 1.90. The summed E-state index contributed by atoms with van der Waals surface area (Å²) in [5, 5.41) is 0. The van der Waals surface area contributed by atoms with Crippen LogP contribution in [0, 0.1) is 0 Å². The number of carbonyl (C=O) groups excluding carboxylic acids is 1. The van der Waals surface area contributed by atoms with Gasteiger partial charge < -0.3 is 10.3 Å². The fourth-order valence-electron chi connectivity index (χ4n) is 1.76. The first-order valence-corrected chi connectivity index (χ1v) is 5.28. The molecule has 0 saturated carbocycles. The Bertz CT molecular complexity index is 548. The minimum Gasteiger partial charge on any atom is -0.334 e. The van der Waals surface area contributed by atoms with Gasteiger partial charge in [0.15, 0.2) is 0 Å². The Hall–Kier alpha value is -1.92. The summed E-state index contributed by atoms with van der Waals surface area (Å²) in [7, 11) is 1.93. The lowest BCUT2D eigenvalue weighted by Gasteiger charge is -2.10. The third-order valence-electron chi connectivity index (χ3n) is 2.74. The Balaban J connectivity index is 2.26. The molecule has 0 fully saturated rings. The third-order valence-corrected chi connectivity index (χ3v) is 2.74. The highest BCUT2D eigenvalue weighted by molar-refractivity contribution is 5.78. The number of aromatic nitrogens is 2. The van der Waals surface area contributed by atoms with Gasteiger partial charge in [-0.15, -0.1) is 0 Å². The van der Waals surface area contributed by atoms with Crippen LogP contribution in [0.1, 0.15) is 18.0 Å². The van der Waals surface area contributed by atoms with Crippen molar-refractivity contribution in [3.8, 4) is 0 Å². The minimum absolute atomic E-state index is 0.162. The van der Waals surface area contributed by atoms with Crippen molar-refractivity contribution in [3.63, 3.8) is 0 Å². The molecule has 0 aliphatic carbocycles. The molecule has 6 heteroatoms. The van der Waals surface area contributed by atoms with Crippen molar-refractivity contribution in [3.05, 3.63) is 30.1 Å². The van der Waals surface area contributed by atoms with Crippen molar-refractivity contribution in [2.45, 2.75) is 12.5 Å². The lowest BCUT2D eigenvalue weighted by Crippen LogP contribution is -2.32. The number of nitrogens with two attached hydrogens (primary N) is 2. The molecule has 17 heavy (non-hydrogen) atoms. The monoisotopic (exact) mass is 233 g/mol. The number of hydrogen-bond donors (Lipinski definition) is 3. The van der Waals surface area contributed by atoms with E-state index in [1.54, 1.807) is 6.33 Å². The fourth-order valence-corrected chi connectivity index (χ4v) is 1.76. The molecular formula is C11H15N5O. The van der Waals surface area contributed by atoms with Crippen molar-refractivity contribution in [2.75, 3.05) is 0 Å². The number of hydrogen-bond acceptors (Lipinski definition) is 4. The predicted molar refractivity (Wildman–Crippen MR) is 64.6 cm³/mol. The number of fused-ring (bicyclic) bond motifs is 1. The average Bonchev–Trinajstić information content (AvgIpc) is 2.70. The zero-order chi connectivity index (χ0) is 12.4. The van der Waals surface area contributed by atoms with Crippen LogP contribution in [0.4, 0.5) is 0 Å². The molecule has 1 unspecified atom stereocenters. The Morgan fingerprint density at radius 1 is 1.59 bits per heavy atom. The SMILES string of the molecule is Cn1cnc2cc(C(N)CC(=O)NN)ccc21. The zero-order valence-electron chi connectivity index (χ0n) is 9.55. The van der Waals surface area contributed by atoms with Crippen molar-refractivity contribution >= 4 is 16.9 Å². The molecule has 1 amide bonds. The van der Waals surface area contributed by atoms with Crippen LogP contribution in [0.15, 0.2) is 24.5 Å². The van der Waals surface area contributed by atoms with Crippen LogP contribution >= 0.6 is 0 Å². The van der Waals surface area contributed by atoms with Crippen molar-refractivity contribution in [1.82, 2.24) is 15.0 Å². The van der Waals surface area contributed by atoms with Gasteiger partial charge in [0.2, 0.25) is 5.91 Å². The number of amides is 1. The Labute approximate surface area is 98.6 Å². The van der Waals surface area contributed by atoms with E-state index in [9.17, 15) is 4.79 Å². The first kappa shape index (κ1) is 11.6. The van der Waals surface area contributed by atoms with Crippen LogP contribution in [0.25, 0.3) is 11.0 Å². The second-order valence-electron chi connectivity index (χ2n) is 3.98. The van der Waals surface area contributed by atoms with E-state index in [4.69, 9.17) is 11.6 Å². The van der Waals surface area contributed by atoms with Gasteiger partial charge >= 0.3 is 0 Å². The van der Waals surface area contributed by atoms with E-state index in [1.807, 2.05) is 29.8 Å². The third kappa shape index (κ3) is 2.27. The van der Waals surface area contributed by atoms with Gasteiger partial charge in [0.05, 0.1) is 17.4 Å². The van der Waals surface area contributed by atoms with Crippen LogP contribution in [-0.2, 0) is 11.8 Å². The van der Waals surface area contributed by atoms with Gasteiger partial charge in [0.25, 0.3) is 0 Å². The highest BCUT2D eigenvalue weighted by Gasteiger charge is 2.12. The van der Waals surface area contributed by atoms with Crippen molar-refractivity contribution in [1.29, 1.82) is 0 Å². The smallest absolute Gasteiger partial charge is 0.235 e. The topological polar surface area (TPSA) is 99.0 Å². The molecule has 0 spiro atoms. The minimum atomic E-state index is -0.370. The number of nitrogens with one attached hydrogen (secondary N) is 1. The van der Waals surface area contributed by atoms with Crippen LogP contribution in [0.3, 0.4) is 0 Å². The second kappa shape index (κ2) is 4.52. The average molecular weight is 233 g/mol. The summed E-state index contributed by atoms with van der Waals surface area (Å²) in [4.78, 5) is 15.4. The Morgan fingerprint density at radius 2 is 2.35 bits per heavy atom. The maximum absolute atomic E-state index is 11.1. The van der Waals surface area contributed by atoms with E-state index >= 15 is 0 Å². The van der Waals surface area contributed by atoms with E-state index in [-0.39, 0.29) is 18.4 Å². The number of hydrazine groups is 1. The molecule has 5 N–H and O–H groups in total. The molecule has 1 atom stereocenters. The molecule has 1 heterocycles. The number of benzene rings is 1. The van der Waals surface area contributed by atoms with Crippen molar-refractivity contribution in [2.24, 2.45) is 18.6 Å². The zero-order valence-corrected chi connectivity index (χ0v) is 9.55. The van der Waals surface area contributed by atoms with E-state index < -0.39 is 0 Å². The quantitative estimate of drug-likeness (QED) is 0.393. The summed E-state index contributed by atoms with van der Waals surface area (Å²) in [6, 6.07) is 5.37. The van der Waals surface area contributed by atoms with E-state index in [2.05, 4.69) is 10.4 Å². The number of rotatable bonds is 3. The number of aryl methyl sites for hydroxylation is 1. The molecule has 2 rings (SSSR count). The van der Waals surface area contributed by atoms with E-state index in [0.29, 0.717) is 0 Å². The molecule has 1 aromatic carbocycles. The maximum atomic E-state index is 11.1. The summed E-state index contributed by atoms with van der Waals surface area (Å²) >= 11 is 0. The van der Waals surface area contributed by atoms with Gasteiger partial charge in [0.1, 0.15) is 0 Å². The lowest BCUT2D eigenvalue weighted by molar-refractivity contribution is -0.121. The molecule has 0 aliphatic heterocycles. The maximum Gasteiger partial charge on any atom is 0.235 e. The van der Waals surface area contributed by atoms with E-state index in [1.165, 1.54) is 0 Å². The molecule has 90 valence electrons. The summed E-state index contributed by atoms with van der Waals surface area (Å²) in [5.41, 5.74) is 10.8. The van der Waals surface area contributed by atoms with Crippen LogP contribution in [0.2, 0.25) is 0 Å². The molecular weight excluding hydrogens is 218 g/mol. The number of imidazole rings is 1. The number of carbonyl (C=O) groups is 1. The molecule has 0 aliphatic rings. The van der Waals surface area contributed by atoms with Gasteiger partial charge in [-0.05, 0) is 17.7 Å². The highest BCUT2D eigenvalue weighted by atomic mass is 16.2. The summed E-state index contributed by atoms with van der Waals surface area (Å²) in [6.45, 7) is 0. The fraction of sp³-hybridized carbons (Fsp3) is 0.273. The van der Waals surface area contributed by atoms with Gasteiger partial charge in [-0.25, -0.2) is 10.8 Å². The molecule has 2 aromatic rings. The van der Waals surface area contributed by atoms with Crippen LogP contribution < -0.4 is 17.0 Å². The molecule has 0 saturated heterocycles. The Morgan fingerprint density at radius 3 is 3.06 bits per heavy atom. The normalized spacial score (nSPS) is 12.6. The van der Waals surface area contributed by atoms with Crippen LogP contribution in [0.5, 0.6) is 0 Å². The van der Waals surface area contributed by atoms with Gasteiger partial charge in [-0.3, -0.25) is 10.2 Å². The molecule has 1 aromatic heterocycles.